The second-order valence-corrected chi connectivity index (χ2v) is 6.03. The van der Waals surface area contributed by atoms with Gasteiger partial charge in [-0.05, 0) is 18.6 Å². The summed E-state index contributed by atoms with van der Waals surface area (Å²) in [6.45, 7) is 1.44. The number of allylic oxidation sites excluding steroid dienone is 2. The van der Waals surface area contributed by atoms with Gasteiger partial charge in [0.2, 0.25) is 0 Å². The molecule has 1 aromatic rings. The standard InChI is InChI=1S/C15H13NO3S2/c1-10(14(18)19)16-13(17)12(21-15(16)20)9-5-8-11-6-3-2-4-7-11/h2-10H,1H3,(H,18,19)/b8-5+,12-9-/t10-/m1/s1. The molecule has 108 valence electrons. The number of nitrogens with zero attached hydrogens (tertiary/aromatic N) is 1. The number of thioether (sulfide) groups is 1. The predicted molar refractivity (Wildman–Crippen MR) is 87.7 cm³/mol. The molecule has 0 aliphatic carbocycles. The van der Waals surface area contributed by atoms with Crippen molar-refractivity contribution >= 4 is 46.3 Å². The summed E-state index contributed by atoms with van der Waals surface area (Å²) in [5, 5.41) is 8.99. The molecule has 1 amide bonds. The minimum absolute atomic E-state index is 0.272. The van der Waals surface area contributed by atoms with E-state index in [2.05, 4.69) is 0 Å². The molecular formula is C15H13NO3S2. The van der Waals surface area contributed by atoms with Crippen molar-refractivity contribution in [3.05, 3.63) is 53.0 Å². The summed E-state index contributed by atoms with van der Waals surface area (Å²) in [5.41, 5.74) is 1.02. The van der Waals surface area contributed by atoms with Crippen molar-refractivity contribution in [2.24, 2.45) is 0 Å². The molecule has 2 rings (SSSR count). The fourth-order valence-corrected chi connectivity index (χ4v) is 3.12. The van der Waals surface area contributed by atoms with E-state index in [-0.39, 0.29) is 10.2 Å². The number of aliphatic carboxylic acids is 1. The number of carboxylic acids is 1. The summed E-state index contributed by atoms with van der Waals surface area (Å²) in [5.74, 6) is -1.44. The number of amides is 1. The average Bonchev–Trinajstić information content (AvgIpc) is 2.74. The van der Waals surface area contributed by atoms with Gasteiger partial charge in [0.1, 0.15) is 10.4 Å². The van der Waals surface area contributed by atoms with Crippen LogP contribution < -0.4 is 0 Å². The summed E-state index contributed by atoms with van der Waals surface area (Å²) < 4.78 is 0.272. The first-order chi connectivity index (χ1) is 10.0. The van der Waals surface area contributed by atoms with Gasteiger partial charge in [-0.25, -0.2) is 4.79 Å². The number of benzene rings is 1. The van der Waals surface area contributed by atoms with E-state index in [9.17, 15) is 9.59 Å². The first kappa shape index (κ1) is 15.5. The van der Waals surface area contributed by atoms with Crippen LogP contribution in [0.25, 0.3) is 6.08 Å². The van der Waals surface area contributed by atoms with E-state index in [1.54, 1.807) is 12.2 Å². The molecule has 1 aromatic carbocycles. The van der Waals surface area contributed by atoms with Crippen molar-refractivity contribution < 1.29 is 14.7 Å². The van der Waals surface area contributed by atoms with E-state index in [1.165, 1.54) is 6.92 Å². The maximum absolute atomic E-state index is 12.2. The van der Waals surface area contributed by atoms with Crippen LogP contribution in [0.4, 0.5) is 0 Å². The number of hydrogen-bond acceptors (Lipinski definition) is 4. The zero-order chi connectivity index (χ0) is 15.4. The van der Waals surface area contributed by atoms with Crippen LogP contribution in [-0.2, 0) is 9.59 Å². The van der Waals surface area contributed by atoms with Gasteiger partial charge in [-0.2, -0.15) is 0 Å². The molecule has 1 aliphatic rings. The Hall–Kier alpha value is -1.92. The van der Waals surface area contributed by atoms with Crippen molar-refractivity contribution in [1.29, 1.82) is 0 Å². The Morgan fingerprint density at radius 3 is 2.67 bits per heavy atom. The lowest BCUT2D eigenvalue weighted by atomic mass is 10.2. The van der Waals surface area contributed by atoms with Gasteiger partial charge in [0.25, 0.3) is 5.91 Å². The Morgan fingerprint density at radius 2 is 2.05 bits per heavy atom. The molecule has 1 saturated heterocycles. The van der Waals surface area contributed by atoms with Gasteiger partial charge in [0, 0.05) is 0 Å². The highest BCUT2D eigenvalue weighted by Gasteiger charge is 2.37. The zero-order valence-corrected chi connectivity index (χ0v) is 12.9. The lowest BCUT2D eigenvalue weighted by Gasteiger charge is -2.18. The topological polar surface area (TPSA) is 57.6 Å². The van der Waals surface area contributed by atoms with E-state index in [0.29, 0.717) is 4.91 Å². The van der Waals surface area contributed by atoms with Crippen LogP contribution in [0, 0.1) is 0 Å². The van der Waals surface area contributed by atoms with Crippen molar-refractivity contribution in [1.82, 2.24) is 4.90 Å². The minimum Gasteiger partial charge on any atom is -0.480 e. The van der Waals surface area contributed by atoms with Gasteiger partial charge in [0.05, 0.1) is 4.91 Å². The SMILES string of the molecule is C[C@H](C(=O)O)N1C(=O)/C(=C/C=C/c2ccccc2)SC1=S. The fraction of sp³-hybridized carbons (Fsp3) is 0.133. The summed E-state index contributed by atoms with van der Waals surface area (Å²) in [6.07, 6.45) is 5.28. The fourth-order valence-electron chi connectivity index (χ4n) is 1.75. The van der Waals surface area contributed by atoms with E-state index in [0.717, 1.165) is 22.2 Å². The molecule has 0 unspecified atom stereocenters. The molecule has 1 atom stereocenters. The Bertz CT molecular complexity index is 638. The zero-order valence-electron chi connectivity index (χ0n) is 11.2. The van der Waals surface area contributed by atoms with Gasteiger partial charge >= 0.3 is 5.97 Å². The van der Waals surface area contributed by atoms with Crippen molar-refractivity contribution in [3.63, 3.8) is 0 Å². The van der Waals surface area contributed by atoms with E-state index in [4.69, 9.17) is 17.3 Å². The molecule has 0 saturated carbocycles. The normalized spacial score (nSPS) is 18.7. The van der Waals surface area contributed by atoms with Crippen LogP contribution in [0.15, 0.2) is 47.4 Å². The highest BCUT2D eigenvalue weighted by atomic mass is 32.2. The maximum Gasteiger partial charge on any atom is 0.326 e. The lowest BCUT2D eigenvalue weighted by Crippen LogP contribution is -2.41. The summed E-state index contributed by atoms with van der Waals surface area (Å²) in [6, 6.07) is 8.71. The van der Waals surface area contributed by atoms with Gasteiger partial charge in [-0.3, -0.25) is 9.69 Å². The number of hydrogen-bond donors (Lipinski definition) is 1. The first-order valence-electron chi connectivity index (χ1n) is 6.22. The molecule has 4 nitrogen and oxygen atoms in total. The molecule has 21 heavy (non-hydrogen) atoms. The smallest absolute Gasteiger partial charge is 0.326 e. The number of rotatable bonds is 4. The number of carbonyl (C=O) groups excluding carboxylic acids is 1. The third-order valence-electron chi connectivity index (χ3n) is 2.90. The lowest BCUT2D eigenvalue weighted by molar-refractivity contribution is -0.144. The van der Waals surface area contributed by atoms with Gasteiger partial charge < -0.3 is 5.11 Å². The second-order valence-electron chi connectivity index (χ2n) is 4.36. The summed E-state index contributed by atoms with van der Waals surface area (Å²) >= 11 is 6.19. The monoisotopic (exact) mass is 319 g/mol. The Balaban J connectivity index is 2.14. The summed E-state index contributed by atoms with van der Waals surface area (Å²) in [4.78, 5) is 24.7. The van der Waals surface area contributed by atoms with Crippen molar-refractivity contribution in [2.45, 2.75) is 13.0 Å². The number of carboxylic acid groups (broad SMARTS) is 1. The van der Waals surface area contributed by atoms with E-state index in [1.807, 2.05) is 36.4 Å². The number of thiocarbonyl (C=S) groups is 1. The first-order valence-corrected chi connectivity index (χ1v) is 7.45. The predicted octanol–water partition coefficient (Wildman–Crippen LogP) is 2.92. The van der Waals surface area contributed by atoms with Crippen LogP contribution in [0.5, 0.6) is 0 Å². The minimum atomic E-state index is -1.08. The van der Waals surface area contributed by atoms with E-state index < -0.39 is 12.0 Å². The van der Waals surface area contributed by atoms with Crippen LogP contribution in [0.1, 0.15) is 12.5 Å². The number of carbonyl (C=O) groups is 2. The molecule has 1 heterocycles. The largest absolute Gasteiger partial charge is 0.480 e. The molecule has 6 heteroatoms. The van der Waals surface area contributed by atoms with Crippen LogP contribution in [0.2, 0.25) is 0 Å². The van der Waals surface area contributed by atoms with Crippen molar-refractivity contribution in [2.75, 3.05) is 0 Å². The highest BCUT2D eigenvalue weighted by Crippen LogP contribution is 2.32. The molecule has 0 spiro atoms. The highest BCUT2D eigenvalue weighted by molar-refractivity contribution is 8.26. The molecule has 1 N–H and O–H groups in total. The third kappa shape index (κ3) is 3.59. The average molecular weight is 319 g/mol. The molecule has 0 aromatic heterocycles. The van der Waals surface area contributed by atoms with Gasteiger partial charge in [-0.15, -0.1) is 0 Å². The molecule has 1 fully saturated rings. The maximum atomic E-state index is 12.2. The van der Waals surface area contributed by atoms with Crippen LogP contribution in [-0.4, -0.2) is 32.2 Å². The molecule has 0 radical (unpaired) electrons. The second kappa shape index (κ2) is 6.69. The van der Waals surface area contributed by atoms with Crippen molar-refractivity contribution in [3.8, 4) is 0 Å². The Labute approximate surface area is 132 Å². The Morgan fingerprint density at radius 1 is 1.38 bits per heavy atom. The molecule has 0 bridgehead atoms. The molecular weight excluding hydrogens is 306 g/mol. The molecule has 1 aliphatic heterocycles. The van der Waals surface area contributed by atoms with Gasteiger partial charge in [-0.1, -0.05) is 66.5 Å². The Kier molecular flexibility index (Phi) is 4.93. The van der Waals surface area contributed by atoms with Gasteiger partial charge in [0.15, 0.2) is 0 Å². The summed E-state index contributed by atoms with van der Waals surface area (Å²) in [7, 11) is 0. The van der Waals surface area contributed by atoms with E-state index >= 15 is 0 Å². The van der Waals surface area contributed by atoms with Crippen LogP contribution >= 0.6 is 24.0 Å². The third-order valence-corrected chi connectivity index (χ3v) is 4.25. The van der Waals surface area contributed by atoms with Crippen LogP contribution in [0.3, 0.4) is 0 Å². The quantitative estimate of drug-likeness (QED) is 0.683.